The van der Waals surface area contributed by atoms with Crippen LogP contribution in [0, 0.1) is 0 Å². The second-order valence-electron chi connectivity index (χ2n) is 4.08. The monoisotopic (exact) mass is 240 g/mol. The van der Waals surface area contributed by atoms with Crippen LogP contribution in [0.2, 0.25) is 5.02 Å². The average Bonchev–Trinajstić information content (AvgIpc) is 2.29. The molecule has 1 atom stereocenters. The molecule has 1 aromatic carbocycles. The molecule has 1 aliphatic heterocycles. The molecule has 1 N–H and O–H groups in total. The number of benzene rings is 1. The topological polar surface area (TPSA) is 24.5 Å². The third-order valence-corrected chi connectivity index (χ3v) is 3.24. The molecule has 4 heteroatoms. The van der Waals surface area contributed by atoms with Crippen LogP contribution in [0.4, 0.5) is 5.69 Å². The Balaban J connectivity index is 2.17. The van der Waals surface area contributed by atoms with Crippen LogP contribution in [0.5, 0.6) is 5.75 Å². The summed E-state index contributed by atoms with van der Waals surface area (Å²) in [6, 6.07) is 6.17. The number of likely N-dealkylation sites (N-methyl/N-ethyl adjacent to an activating group) is 1. The van der Waals surface area contributed by atoms with E-state index in [1.807, 2.05) is 25.2 Å². The van der Waals surface area contributed by atoms with E-state index in [1.165, 1.54) is 0 Å². The summed E-state index contributed by atoms with van der Waals surface area (Å²) in [6.45, 7) is 1.74. The highest BCUT2D eigenvalue weighted by Gasteiger charge is 2.24. The van der Waals surface area contributed by atoms with Crippen LogP contribution in [-0.4, -0.2) is 33.3 Å². The molecule has 88 valence electrons. The van der Waals surface area contributed by atoms with E-state index < -0.39 is 0 Å². The molecule has 2 rings (SSSR count). The van der Waals surface area contributed by atoms with E-state index in [9.17, 15) is 0 Å². The highest BCUT2D eigenvalue weighted by molar-refractivity contribution is 6.30. The summed E-state index contributed by atoms with van der Waals surface area (Å²) in [5.74, 6) is 0.924. The summed E-state index contributed by atoms with van der Waals surface area (Å²) in [4.78, 5) is 2.25. The zero-order valence-electron chi connectivity index (χ0n) is 9.66. The molecule has 0 bridgehead atoms. The fourth-order valence-electron chi connectivity index (χ4n) is 1.97. The van der Waals surface area contributed by atoms with Crippen molar-refractivity contribution in [2.24, 2.45) is 0 Å². The van der Waals surface area contributed by atoms with Gasteiger partial charge in [-0.2, -0.15) is 0 Å². The SMILES string of the molecule is CNCCC1COc2ccc(Cl)cc2N1C. The summed E-state index contributed by atoms with van der Waals surface area (Å²) in [5, 5.41) is 3.92. The Hall–Kier alpha value is -0.930. The highest BCUT2D eigenvalue weighted by Crippen LogP contribution is 2.35. The molecule has 0 saturated carbocycles. The van der Waals surface area contributed by atoms with Crippen LogP contribution in [-0.2, 0) is 0 Å². The molecular weight excluding hydrogens is 224 g/mol. The predicted octanol–water partition coefficient (Wildman–Crippen LogP) is 2.15. The van der Waals surface area contributed by atoms with Crippen molar-refractivity contribution < 1.29 is 4.74 Å². The van der Waals surface area contributed by atoms with E-state index in [2.05, 4.69) is 17.3 Å². The average molecular weight is 241 g/mol. The first-order valence-corrected chi connectivity index (χ1v) is 5.90. The molecule has 1 aliphatic rings. The largest absolute Gasteiger partial charge is 0.489 e. The van der Waals surface area contributed by atoms with E-state index in [1.54, 1.807) is 0 Å². The Morgan fingerprint density at radius 3 is 3.12 bits per heavy atom. The highest BCUT2D eigenvalue weighted by atomic mass is 35.5. The first-order valence-electron chi connectivity index (χ1n) is 5.52. The van der Waals surface area contributed by atoms with Crippen molar-refractivity contribution in [3.63, 3.8) is 0 Å². The number of fused-ring (bicyclic) bond motifs is 1. The standard InChI is InChI=1S/C12H17ClN2O/c1-14-6-5-10-8-16-12-4-3-9(13)7-11(12)15(10)2/h3-4,7,10,14H,5-6,8H2,1-2H3. The molecule has 0 spiro atoms. The summed E-state index contributed by atoms with van der Waals surface area (Å²) in [5.41, 5.74) is 1.08. The zero-order valence-corrected chi connectivity index (χ0v) is 10.4. The molecule has 0 saturated heterocycles. The van der Waals surface area contributed by atoms with Gasteiger partial charge in [0.15, 0.2) is 0 Å². The van der Waals surface area contributed by atoms with Crippen LogP contribution in [0.25, 0.3) is 0 Å². The molecule has 0 radical (unpaired) electrons. The van der Waals surface area contributed by atoms with Gasteiger partial charge in [-0.05, 0) is 38.2 Å². The Kier molecular flexibility index (Phi) is 3.56. The first-order chi connectivity index (χ1) is 7.72. The van der Waals surface area contributed by atoms with E-state index in [0.29, 0.717) is 6.04 Å². The number of halogens is 1. The Morgan fingerprint density at radius 1 is 1.56 bits per heavy atom. The number of hydrogen-bond donors (Lipinski definition) is 1. The maximum absolute atomic E-state index is 6.00. The van der Waals surface area contributed by atoms with E-state index >= 15 is 0 Å². The smallest absolute Gasteiger partial charge is 0.142 e. The van der Waals surface area contributed by atoms with Crippen molar-refractivity contribution in [3.8, 4) is 5.75 Å². The van der Waals surface area contributed by atoms with Crippen LogP contribution >= 0.6 is 11.6 Å². The first kappa shape index (κ1) is 11.6. The van der Waals surface area contributed by atoms with Crippen molar-refractivity contribution in [1.29, 1.82) is 0 Å². The van der Waals surface area contributed by atoms with Gasteiger partial charge in [0.05, 0.1) is 11.7 Å². The van der Waals surface area contributed by atoms with Crippen LogP contribution in [0.1, 0.15) is 6.42 Å². The lowest BCUT2D eigenvalue weighted by atomic mass is 10.1. The van der Waals surface area contributed by atoms with Crippen LogP contribution in [0.15, 0.2) is 18.2 Å². The van der Waals surface area contributed by atoms with Gasteiger partial charge >= 0.3 is 0 Å². The van der Waals surface area contributed by atoms with Crippen molar-refractivity contribution in [2.45, 2.75) is 12.5 Å². The van der Waals surface area contributed by atoms with Crippen molar-refractivity contribution >= 4 is 17.3 Å². The van der Waals surface area contributed by atoms with Gasteiger partial charge in [-0.3, -0.25) is 0 Å². The third kappa shape index (κ3) is 2.25. The Labute approximate surface area is 101 Å². The Bertz CT molecular complexity index is 370. The van der Waals surface area contributed by atoms with E-state index in [0.717, 1.165) is 36.0 Å². The fourth-order valence-corrected chi connectivity index (χ4v) is 2.14. The second kappa shape index (κ2) is 4.93. The van der Waals surface area contributed by atoms with Gasteiger partial charge in [-0.15, -0.1) is 0 Å². The molecule has 1 aromatic rings. The lowest BCUT2D eigenvalue weighted by Gasteiger charge is -2.36. The Morgan fingerprint density at radius 2 is 2.38 bits per heavy atom. The second-order valence-corrected chi connectivity index (χ2v) is 4.52. The number of anilines is 1. The van der Waals surface area contributed by atoms with Gasteiger partial charge in [0.2, 0.25) is 0 Å². The summed E-state index contributed by atoms with van der Waals surface area (Å²) in [7, 11) is 4.06. The molecule has 16 heavy (non-hydrogen) atoms. The lowest BCUT2D eigenvalue weighted by Crippen LogP contribution is -2.41. The van der Waals surface area contributed by atoms with Gasteiger partial charge in [-0.25, -0.2) is 0 Å². The van der Waals surface area contributed by atoms with Crippen molar-refractivity contribution in [1.82, 2.24) is 5.32 Å². The number of nitrogens with zero attached hydrogens (tertiary/aromatic N) is 1. The number of hydrogen-bond acceptors (Lipinski definition) is 3. The molecule has 3 nitrogen and oxygen atoms in total. The molecule has 1 heterocycles. The number of nitrogens with one attached hydrogen (secondary N) is 1. The minimum atomic E-state index is 0.415. The third-order valence-electron chi connectivity index (χ3n) is 3.01. The van der Waals surface area contributed by atoms with Gasteiger partial charge in [0, 0.05) is 12.1 Å². The van der Waals surface area contributed by atoms with E-state index in [-0.39, 0.29) is 0 Å². The van der Waals surface area contributed by atoms with E-state index in [4.69, 9.17) is 16.3 Å². The maximum atomic E-state index is 6.00. The maximum Gasteiger partial charge on any atom is 0.142 e. The summed E-state index contributed by atoms with van der Waals surface area (Å²) >= 11 is 6.00. The normalized spacial score (nSPS) is 19.2. The number of rotatable bonds is 3. The molecular formula is C12H17ClN2O. The molecule has 0 fully saturated rings. The molecule has 1 unspecified atom stereocenters. The van der Waals surface area contributed by atoms with Crippen LogP contribution in [0.3, 0.4) is 0 Å². The lowest BCUT2D eigenvalue weighted by molar-refractivity contribution is 0.259. The van der Waals surface area contributed by atoms with Gasteiger partial charge in [0.1, 0.15) is 12.4 Å². The van der Waals surface area contributed by atoms with Crippen molar-refractivity contribution in [3.05, 3.63) is 23.2 Å². The molecule has 0 aliphatic carbocycles. The van der Waals surface area contributed by atoms with Gasteiger partial charge < -0.3 is 15.0 Å². The molecule has 0 aromatic heterocycles. The molecule has 0 amide bonds. The van der Waals surface area contributed by atoms with Crippen molar-refractivity contribution in [2.75, 3.05) is 32.1 Å². The minimum Gasteiger partial charge on any atom is -0.489 e. The quantitative estimate of drug-likeness (QED) is 0.876. The summed E-state index contributed by atoms with van der Waals surface area (Å²) in [6.07, 6.45) is 1.07. The summed E-state index contributed by atoms with van der Waals surface area (Å²) < 4.78 is 5.73. The number of ether oxygens (including phenoxy) is 1. The zero-order chi connectivity index (χ0) is 11.5. The van der Waals surface area contributed by atoms with Crippen LogP contribution < -0.4 is 15.0 Å². The van der Waals surface area contributed by atoms with Gasteiger partial charge in [0.25, 0.3) is 0 Å². The van der Waals surface area contributed by atoms with Gasteiger partial charge in [-0.1, -0.05) is 11.6 Å². The fraction of sp³-hybridized carbons (Fsp3) is 0.500. The minimum absolute atomic E-state index is 0.415. The predicted molar refractivity (Wildman–Crippen MR) is 67.7 cm³/mol.